The van der Waals surface area contributed by atoms with Gasteiger partial charge in [-0.3, -0.25) is 14.3 Å². The SMILES string of the molecule is CCCCc1c(C)nc2nc(SCc3nc4c(c(=O)[nH]c(=O)n4Cc4ccc(Cl)cc4)n3C)nn2c1C. The van der Waals surface area contributed by atoms with Crippen molar-refractivity contribution in [2.24, 2.45) is 7.05 Å². The number of rotatable bonds is 8. The number of aromatic amines is 1. The molecular weight excluding hydrogens is 512 g/mol. The van der Waals surface area contributed by atoms with E-state index in [-0.39, 0.29) is 6.54 Å². The van der Waals surface area contributed by atoms with Crippen LogP contribution in [-0.4, -0.2) is 38.7 Å². The van der Waals surface area contributed by atoms with Gasteiger partial charge in [-0.05, 0) is 49.9 Å². The number of halogens is 1. The number of thioether (sulfide) groups is 1. The third kappa shape index (κ3) is 4.80. The monoisotopic (exact) mass is 538 g/mol. The molecule has 5 aromatic rings. The van der Waals surface area contributed by atoms with Gasteiger partial charge in [-0.1, -0.05) is 48.8 Å². The molecular formula is C25H27ClN8O2S. The smallest absolute Gasteiger partial charge is 0.325 e. The highest BCUT2D eigenvalue weighted by Gasteiger charge is 2.19. The highest BCUT2D eigenvalue weighted by molar-refractivity contribution is 7.98. The van der Waals surface area contributed by atoms with E-state index < -0.39 is 11.2 Å². The Bertz CT molecular complexity index is 1730. The van der Waals surface area contributed by atoms with Crippen LogP contribution in [0, 0.1) is 13.8 Å². The number of H-pyrrole nitrogens is 1. The van der Waals surface area contributed by atoms with Crippen molar-refractivity contribution >= 4 is 40.3 Å². The first-order valence-corrected chi connectivity index (χ1v) is 13.4. The minimum absolute atomic E-state index is 0.255. The van der Waals surface area contributed by atoms with E-state index in [1.807, 2.05) is 26.0 Å². The second-order valence-corrected chi connectivity index (χ2v) is 10.4. The molecule has 12 heteroatoms. The summed E-state index contributed by atoms with van der Waals surface area (Å²) in [6.45, 7) is 6.49. The summed E-state index contributed by atoms with van der Waals surface area (Å²) in [5.74, 6) is 1.61. The molecule has 1 aromatic carbocycles. The number of aromatic nitrogens is 8. The molecule has 0 atom stereocenters. The maximum Gasteiger partial charge on any atom is 0.330 e. The molecule has 4 aromatic heterocycles. The van der Waals surface area contributed by atoms with E-state index in [0.717, 1.165) is 36.2 Å². The lowest BCUT2D eigenvalue weighted by molar-refractivity contribution is 0.747. The maximum absolute atomic E-state index is 12.7. The van der Waals surface area contributed by atoms with Crippen LogP contribution < -0.4 is 11.2 Å². The third-order valence-corrected chi connectivity index (χ3v) is 7.59. The first-order valence-electron chi connectivity index (χ1n) is 12.0. The van der Waals surface area contributed by atoms with Crippen molar-refractivity contribution < 1.29 is 0 Å². The van der Waals surface area contributed by atoms with Crippen molar-refractivity contribution in [2.45, 2.75) is 57.5 Å². The van der Waals surface area contributed by atoms with E-state index in [1.165, 1.54) is 21.9 Å². The highest BCUT2D eigenvalue weighted by Crippen LogP contribution is 2.23. The lowest BCUT2D eigenvalue weighted by Gasteiger charge is -2.09. The number of aryl methyl sites for hydroxylation is 3. The van der Waals surface area contributed by atoms with Crippen LogP contribution >= 0.6 is 23.4 Å². The molecule has 0 aliphatic rings. The van der Waals surface area contributed by atoms with E-state index in [0.29, 0.717) is 38.7 Å². The molecule has 0 bridgehead atoms. The number of nitrogens with zero attached hydrogens (tertiary/aromatic N) is 7. The number of unbranched alkanes of at least 4 members (excludes halogenated alkanes) is 1. The Morgan fingerprint density at radius 3 is 2.57 bits per heavy atom. The second kappa shape index (κ2) is 10.1. The van der Waals surface area contributed by atoms with E-state index in [2.05, 4.69) is 32.0 Å². The van der Waals surface area contributed by atoms with Gasteiger partial charge in [0.15, 0.2) is 11.2 Å². The number of hydrogen-bond donors (Lipinski definition) is 1. The van der Waals surface area contributed by atoms with E-state index in [9.17, 15) is 9.59 Å². The van der Waals surface area contributed by atoms with Crippen LogP contribution in [0.2, 0.25) is 5.02 Å². The molecule has 0 fully saturated rings. The molecule has 0 spiro atoms. The molecule has 0 amide bonds. The fourth-order valence-corrected chi connectivity index (χ4v) is 5.36. The van der Waals surface area contributed by atoms with Crippen molar-refractivity contribution in [2.75, 3.05) is 0 Å². The fraction of sp³-hybridized carbons (Fsp3) is 0.360. The molecule has 10 nitrogen and oxygen atoms in total. The van der Waals surface area contributed by atoms with E-state index in [4.69, 9.17) is 11.6 Å². The Labute approximate surface area is 221 Å². The molecule has 0 radical (unpaired) electrons. The van der Waals surface area contributed by atoms with Gasteiger partial charge in [0, 0.05) is 23.5 Å². The van der Waals surface area contributed by atoms with Gasteiger partial charge in [0.25, 0.3) is 11.3 Å². The normalized spacial score (nSPS) is 11.7. The molecule has 0 saturated heterocycles. The number of imidazole rings is 1. The van der Waals surface area contributed by atoms with Crippen molar-refractivity contribution in [1.82, 2.24) is 38.7 Å². The Morgan fingerprint density at radius 2 is 1.84 bits per heavy atom. The zero-order chi connectivity index (χ0) is 26.3. The van der Waals surface area contributed by atoms with Crippen LogP contribution in [0.3, 0.4) is 0 Å². The van der Waals surface area contributed by atoms with Crippen LogP contribution in [0.1, 0.15) is 48.1 Å². The third-order valence-electron chi connectivity index (χ3n) is 6.50. The molecule has 5 rings (SSSR count). The average molecular weight is 539 g/mol. The Balaban J connectivity index is 1.46. The Kier molecular flexibility index (Phi) is 6.91. The van der Waals surface area contributed by atoms with Crippen molar-refractivity contribution in [3.63, 3.8) is 0 Å². The van der Waals surface area contributed by atoms with Gasteiger partial charge in [-0.25, -0.2) is 19.3 Å². The van der Waals surface area contributed by atoms with Crippen LogP contribution in [0.25, 0.3) is 16.9 Å². The summed E-state index contributed by atoms with van der Waals surface area (Å²) in [5, 5.41) is 5.85. The molecule has 1 N–H and O–H groups in total. The lowest BCUT2D eigenvalue weighted by Crippen LogP contribution is -2.31. The predicted octanol–water partition coefficient (Wildman–Crippen LogP) is 3.81. The van der Waals surface area contributed by atoms with Crippen molar-refractivity contribution in [3.8, 4) is 0 Å². The molecule has 37 heavy (non-hydrogen) atoms. The van der Waals surface area contributed by atoms with Gasteiger partial charge in [0.05, 0.1) is 12.3 Å². The van der Waals surface area contributed by atoms with Crippen LogP contribution in [0.4, 0.5) is 0 Å². The largest absolute Gasteiger partial charge is 0.330 e. The minimum atomic E-state index is -0.512. The fourth-order valence-electron chi connectivity index (χ4n) is 4.44. The summed E-state index contributed by atoms with van der Waals surface area (Å²) in [5.41, 5.74) is 3.79. The summed E-state index contributed by atoms with van der Waals surface area (Å²) in [6.07, 6.45) is 3.18. The highest BCUT2D eigenvalue weighted by atomic mass is 35.5. The summed E-state index contributed by atoms with van der Waals surface area (Å²) in [7, 11) is 1.77. The topological polar surface area (TPSA) is 116 Å². The summed E-state index contributed by atoms with van der Waals surface area (Å²) >= 11 is 7.40. The van der Waals surface area contributed by atoms with Crippen LogP contribution in [0.15, 0.2) is 39.0 Å². The summed E-state index contributed by atoms with van der Waals surface area (Å²) in [6, 6.07) is 7.20. The minimum Gasteiger partial charge on any atom is -0.325 e. The summed E-state index contributed by atoms with van der Waals surface area (Å²) < 4.78 is 4.97. The standard InChI is InChI=1S/C25H27ClN8O2S/c1-5-6-7-18-14(2)27-23-30-24(31-34(23)15(18)3)37-13-19-28-21-20(32(19)4)22(35)29-25(36)33(21)12-16-8-10-17(26)11-9-16/h8-11H,5-7,12-13H2,1-4H3,(H,29,35,36). The first-order chi connectivity index (χ1) is 17.8. The van der Waals surface area contributed by atoms with Gasteiger partial charge in [-0.15, -0.1) is 5.10 Å². The zero-order valence-corrected chi connectivity index (χ0v) is 22.7. The Hall–Kier alpha value is -3.44. The summed E-state index contributed by atoms with van der Waals surface area (Å²) in [4.78, 5) is 41.7. The first kappa shape index (κ1) is 25.2. The van der Waals surface area contributed by atoms with Gasteiger partial charge >= 0.3 is 5.69 Å². The van der Waals surface area contributed by atoms with Gasteiger partial charge in [-0.2, -0.15) is 4.98 Å². The number of nitrogens with one attached hydrogen (secondary N) is 1. The van der Waals surface area contributed by atoms with Crippen molar-refractivity contribution in [1.29, 1.82) is 0 Å². The second-order valence-electron chi connectivity index (χ2n) is 8.99. The maximum atomic E-state index is 12.7. The quantitative estimate of drug-likeness (QED) is 0.299. The van der Waals surface area contributed by atoms with Crippen molar-refractivity contribution in [3.05, 3.63) is 78.5 Å². The number of benzene rings is 1. The zero-order valence-electron chi connectivity index (χ0n) is 21.1. The molecule has 0 unspecified atom stereocenters. The van der Waals surface area contributed by atoms with Gasteiger partial charge in [0.2, 0.25) is 5.16 Å². The number of hydrogen-bond acceptors (Lipinski definition) is 7. The van der Waals surface area contributed by atoms with Gasteiger partial charge in [0.1, 0.15) is 5.82 Å². The molecule has 0 saturated carbocycles. The number of fused-ring (bicyclic) bond motifs is 2. The molecule has 4 heterocycles. The van der Waals surface area contributed by atoms with Crippen LogP contribution in [0.5, 0.6) is 0 Å². The van der Waals surface area contributed by atoms with E-state index >= 15 is 0 Å². The molecule has 0 aliphatic carbocycles. The lowest BCUT2D eigenvalue weighted by atomic mass is 10.1. The predicted molar refractivity (Wildman–Crippen MR) is 145 cm³/mol. The average Bonchev–Trinajstić information content (AvgIpc) is 3.42. The van der Waals surface area contributed by atoms with Gasteiger partial charge < -0.3 is 4.57 Å². The molecule has 0 aliphatic heterocycles. The van der Waals surface area contributed by atoms with Crippen LogP contribution in [-0.2, 0) is 25.8 Å². The van der Waals surface area contributed by atoms with E-state index in [1.54, 1.807) is 28.3 Å². The molecule has 192 valence electrons. The Morgan fingerprint density at radius 1 is 1.08 bits per heavy atom.